The first-order chi connectivity index (χ1) is 13.0. The molecule has 0 radical (unpaired) electrons. The van der Waals surface area contributed by atoms with E-state index in [0.29, 0.717) is 22.9 Å². The fraction of sp³-hybridized carbons (Fsp3) is 0.429. The van der Waals surface area contributed by atoms with Crippen molar-refractivity contribution in [2.24, 2.45) is 0 Å². The third-order valence-corrected chi connectivity index (χ3v) is 5.19. The maximum Gasteiger partial charge on any atom is 0.349 e. The second kappa shape index (κ2) is 10.6. The summed E-state index contributed by atoms with van der Waals surface area (Å²) in [5, 5.41) is 6.85. The molecule has 2 aromatic rings. The molecule has 1 amide bonds. The number of benzene rings is 1. The predicted octanol–water partition coefficient (Wildman–Crippen LogP) is 3.85. The summed E-state index contributed by atoms with van der Waals surface area (Å²) in [5.74, 6) is 0.497. The molecule has 2 heterocycles. The summed E-state index contributed by atoms with van der Waals surface area (Å²) >= 11 is 5.87. The lowest BCUT2D eigenvalue weighted by atomic mass is 9.95. The van der Waals surface area contributed by atoms with Crippen molar-refractivity contribution in [3.63, 3.8) is 0 Å². The molecule has 1 aromatic heterocycles. The fourth-order valence-electron chi connectivity index (χ4n) is 3.44. The first-order valence-corrected chi connectivity index (χ1v) is 9.80. The van der Waals surface area contributed by atoms with Crippen LogP contribution in [0.1, 0.15) is 52.4 Å². The monoisotopic (exact) mass is 424 g/mol. The number of hydrogen-bond donors (Lipinski definition) is 2. The lowest BCUT2D eigenvalue weighted by Gasteiger charge is -2.22. The molecule has 152 valence electrons. The van der Waals surface area contributed by atoms with E-state index < -0.39 is 5.63 Å². The van der Waals surface area contributed by atoms with E-state index in [-0.39, 0.29) is 29.8 Å². The predicted molar refractivity (Wildman–Crippen MR) is 114 cm³/mol. The zero-order valence-corrected chi connectivity index (χ0v) is 17.5. The standard InChI is InChI=1S/C21H25ClN2O3.ClH/c1-14-12-18(16-5-3-10-23-13-16)27-21(26)19(14)20(25)24-11-2-4-15-6-8-17(22)9-7-15;/h6-9,12,16,23H,2-5,10-11,13H2,1H3,(H,24,25);1H. The molecular formula is C21H26Cl2N2O3. The van der Waals surface area contributed by atoms with Gasteiger partial charge in [0.2, 0.25) is 0 Å². The number of halogens is 2. The first kappa shape index (κ1) is 22.5. The second-order valence-electron chi connectivity index (χ2n) is 7.02. The average molecular weight is 425 g/mol. The van der Waals surface area contributed by atoms with E-state index >= 15 is 0 Å². The van der Waals surface area contributed by atoms with Gasteiger partial charge in [-0.1, -0.05) is 23.7 Å². The molecule has 1 unspecified atom stereocenters. The van der Waals surface area contributed by atoms with Crippen molar-refractivity contribution < 1.29 is 9.21 Å². The number of carbonyl (C=O) groups excluding carboxylic acids is 1. The van der Waals surface area contributed by atoms with Crippen LogP contribution in [0.5, 0.6) is 0 Å². The van der Waals surface area contributed by atoms with E-state index in [9.17, 15) is 9.59 Å². The van der Waals surface area contributed by atoms with Crippen LogP contribution in [0.2, 0.25) is 5.02 Å². The summed E-state index contributed by atoms with van der Waals surface area (Å²) in [5.41, 5.74) is 1.39. The van der Waals surface area contributed by atoms with E-state index in [1.54, 1.807) is 6.92 Å². The van der Waals surface area contributed by atoms with Crippen molar-refractivity contribution in [1.82, 2.24) is 10.6 Å². The van der Waals surface area contributed by atoms with Crippen LogP contribution >= 0.6 is 24.0 Å². The number of amides is 1. The van der Waals surface area contributed by atoms with Gasteiger partial charge >= 0.3 is 5.63 Å². The Morgan fingerprint density at radius 2 is 2.07 bits per heavy atom. The van der Waals surface area contributed by atoms with Gasteiger partial charge in [-0.2, -0.15) is 0 Å². The topological polar surface area (TPSA) is 71.3 Å². The SMILES string of the molecule is Cc1cc(C2CCCNC2)oc(=O)c1C(=O)NCCCc1ccc(Cl)cc1.Cl. The number of hydrogen-bond acceptors (Lipinski definition) is 4. The second-order valence-corrected chi connectivity index (χ2v) is 7.46. The van der Waals surface area contributed by atoms with Crippen LogP contribution in [0.4, 0.5) is 0 Å². The minimum absolute atomic E-state index is 0. The van der Waals surface area contributed by atoms with Gasteiger partial charge in [0.15, 0.2) is 0 Å². The van der Waals surface area contributed by atoms with Crippen molar-refractivity contribution in [3.8, 4) is 0 Å². The minimum atomic E-state index is -0.550. The molecule has 2 N–H and O–H groups in total. The summed E-state index contributed by atoms with van der Waals surface area (Å²) in [7, 11) is 0. The number of nitrogens with one attached hydrogen (secondary N) is 2. The smallest absolute Gasteiger partial charge is 0.349 e. The Labute approximate surface area is 176 Å². The Balaban J connectivity index is 0.00000280. The van der Waals surface area contributed by atoms with E-state index in [1.807, 2.05) is 30.3 Å². The molecule has 1 saturated heterocycles. The molecule has 0 bridgehead atoms. The highest BCUT2D eigenvalue weighted by atomic mass is 35.5. The van der Waals surface area contributed by atoms with Crippen LogP contribution < -0.4 is 16.3 Å². The lowest BCUT2D eigenvalue weighted by molar-refractivity contribution is 0.0948. The summed E-state index contributed by atoms with van der Waals surface area (Å²) in [6.07, 6.45) is 3.66. The van der Waals surface area contributed by atoms with Crippen molar-refractivity contribution in [2.75, 3.05) is 19.6 Å². The molecule has 3 rings (SSSR count). The molecule has 1 atom stereocenters. The van der Waals surface area contributed by atoms with E-state index in [4.69, 9.17) is 16.0 Å². The Bertz CT molecular complexity index is 844. The molecular weight excluding hydrogens is 399 g/mol. The molecule has 1 aliphatic rings. The number of piperidine rings is 1. The lowest BCUT2D eigenvalue weighted by Crippen LogP contribution is -2.32. The van der Waals surface area contributed by atoms with E-state index in [2.05, 4.69) is 10.6 Å². The van der Waals surface area contributed by atoms with Crippen LogP contribution in [0.15, 0.2) is 39.5 Å². The quantitative estimate of drug-likeness (QED) is 0.690. The Hall–Kier alpha value is -1.82. The molecule has 0 spiro atoms. The Morgan fingerprint density at radius 1 is 1.32 bits per heavy atom. The van der Waals surface area contributed by atoms with Gasteiger partial charge in [0.1, 0.15) is 11.3 Å². The van der Waals surface area contributed by atoms with Crippen LogP contribution in [0, 0.1) is 6.92 Å². The summed E-state index contributed by atoms with van der Waals surface area (Å²) in [4.78, 5) is 24.8. The highest BCUT2D eigenvalue weighted by molar-refractivity contribution is 6.30. The largest absolute Gasteiger partial charge is 0.427 e. The molecule has 0 saturated carbocycles. The average Bonchev–Trinajstić information content (AvgIpc) is 2.67. The van der Waals surface area contributed by atoms with Gasteiger partial charge in [0, 0.05) is 24.0 Å². The van der Waals surface area contributed by atoms with Crippen molar-refractivity contribution in [2.45, 2.75) is 38.5 Å². The van der Waals surface area contributed by atoms with Gasteiger partial charge in [0.25, 0.3) is 5.91 Å². The zero-order valence-electron chi connectivity index (χ0n) is 15.9. The van der Waals surface area contributed by atoms with Crippen molar-refractivity contribution >= 4 is 29.9 Å². The third-order valence-electron chi connectivity index (χ3n) is 4.94. The maximum atomic E-state index is 12.4. The van der Waals surface area contributed by atoms with Crippen molar-refractivity contribution in [1.29, 1.82) is 0 Å². The van der Waals surface area contributed by atoms with Crippen LogP contribution in [0.3, 0.4) is 0 Å². The van der Waals surface area contributed by atoms with Crippen LogP contribution in [-0.2, 0) is 6.42 Å². The van der Waals surface area contributed by atoms with Gasteiger partial charge in [-0.3, -0.25) is 4.79 Å². The summed E-state index contributed by atoms with van der Waals surface area (Å²) in [6.45, 7) is 4.09. The van der Waals surface area contributed by atoms with Gasteiger partial charge < -0.3 is 15.1 Å². The van der Waals surface area contributed by atoms with E-state index in [1.165, 1.54) is 0 Å². The summed E-state index contributed by atoms with van der Waals surface area (Å²) in [6, 6.07) is 9.49. The number of aryl methyl sites for hydroxylation is 2. The third kappa shape index (κ3) is 5.84. The van der Waals surface area contributed by atoms with Gasteiger partial charge in [-0.15, -0.1) is 12.4 Å². The fourth-order valence-corrected chi connectivity index (χ4v) is 3.56. The highest BCUT2D eigenvalue weighted by Crippen LogP contribution is 2.23. The van der Waals surface area contributed by atoms with Crippen LogP contribution in [0.25, 0.3) is 0 Å². The molecule has 1 fully saturated rings. The Kier molecular flexibility index (Phi) is 8.55. The van der Waals surface area contributed by atoms with Gasteiger partial charge in [0.05, 0.1) is 0 Å². The Morgan fingerprint density at radius 3 is 2.71 bits per heavy atom. The summed E-state index contributed by atoms with van der Waals surface area (Å²) < 4.78 is 5.47. The van der Waals surface area contributed by atoms with Gasteiger partial charge in [-0.25, -0.2) is 4.79 Å². The van der Waals surface area contributed by atoms with E-state index in [0.717, 1.165) is 44.3 Å². The number of carbonyl (C=O) groups is 1. The number of rotatable bonds is 6. The maximum absolute atomic E-state index is 12.4. The van der Waals surface area contributed by atoms with Crippen LogP contribution in [-0.4, -0.2) is 25.5 Å². The minimum Gasteiger partial charge on any atom is -0.427 e. The van der Waals surface area contributed by atoms with Gasteiger partial charge in [-0.05, 0) is 68.5 Å². The molecule has 7 heteroatoms. The molecule has 28 heavy (non-hydrogen) atoms. The molecule has 1 aromatic carbocycles. The van der Waals surface area contributed by atoms with Crippen molar-refractivity contribution in [3.05, 3.63) is 68.2 Å². The first-order valence-electron chi connectivity index (χ1n) is 9.42. The highest BCUT2D eigenvalue weighted by Gasteiger charge is 2.22. The molecule has 1 aliphatic heterocycles. The zero-order chi connectivity index (χ0) is 19.2. The normalized spacial score (nSPS) is 16.3. The molecule has 5 nitrogen and oxygen atoms in total. The molecule has 0 aliphatic carbocycles.